The SMILES string of the molecule is O=C(CC[C@H](NC(=O)c1ccc(B(O)O)cc1)C(=O)NC(CO)(CO)CO)NCCCC[C@H](NI)C(=O)O. The van der Waals surface area contributed by atoms with Crippen LogP contribution in [0.1, 0.15) is 42.5 Å². The number of carbonyl (C=O) groups is 4. The molecule has 3 amide bonds. The van der Waals surface area contributed by atoms with E-state index in [9.17, 15) is 44.5 Å². The summed E-state index contributed by atoms with van der Waals surface area (Å²) < 4.78 is 2.65. The normalized spacial score (nSPS) is 12.8. The molecular formula is C22H34BIN4O10. The maximum atomic E-state index is 12.9. The van der Waals surface area contributed by atoms with Crippen molar-refractivity contribution in [3.05, 3.63) is 29.8 Å². The monoisotopic (exact) mass is 652 g/mol. The maximum absolute atomic E-state index is 12.9. The molecule has 0 saturated heterocycles. The van der Waals surface area contributed by atoms with Crippen LogP contribution >= 0.6 is 22.9 Å². The second kappa shape index (κ2) is 17.3. The summed E-state index contributed by atoms with van der Waals surface area (Å²) in [6, 6.07) is 3.27. The van der Waals surface area contributed by atoms with Gasteiger partial charge in [0.05, 0.1) is 19.8 Å². The molecule has 0 bridgehead atoms. The highest BCUT2D eigenvalue weighted by molar-refractivity contribution is 14.1. The molecule has 38 heavy (non-hydrogen) atoms. The van der Waals surface area contributed by atoms with Crippen LogP contribution in [0, 0.1) is 0 Å². The van der Waals surface area contributed by atoms with Crippen molar-refractivity contribution in [1.29, 1.82) is 0 Å². The molecule has 0 aliphatic heterocycles. The second-order valence-corrected chi connectivity index (χ2v) is 9.27. The molecule has 1 rings (SSSR count). The molecule has 16 heteroatoms. The van der Waals surface area contributed by atoms with E-state index in [0.717, 1.165) is 0 Å². The fourth-order valence-corrected chi connectivity index (χ4v) is 3.80. The summed E-state index contributed by atoms with van der Waals surface area (Å²) in [5, 5.41) is 63.4. The van der Waals surface area contributed by atoms with Crippen LogP contribution in [0.25, 0.3) is 0 Å². The van der Waals surface area contributed by atoms with E-state index in [-0.39, 0.29) is 30.4 Å². The lowest BCUT2D eigenvalue weighted by Crippen LogP contribution is -2.61. The van der Waals surface area contributed by atoms with E-state index in [2.05, 4.69) is 19.5 Å². The molecule has 0 saturated carbocycles. The lowest BCUT2D eigenvalue weighted by molar-refractivity contribution is -0.139. The molecule has 1 aromatic rings. The highest BCUT2D eigenvalue weighted by atomic mass is 127. The van der Waals surface area contributed by atoms with Gasteiger partial charge in [-0.2, -0.15) is 0 Å². The number of halogens is 1. The van der Waals surface area contributed by atoms with Crippen molar-refractivity contribution in [3.8, 4) is 0 Å². The third-order valence-corrected chi connectivity index (χ3v) is 6.47. The molecule has 0 fully saturated rings. The molecule has 2 atom stereocenters. The third kappa shape index (κ3) is 11.2. The molecule has 0 aliphatic carbocycles. The summed E-state index contributed by atoms with van der Waals surface area (Å²) >= 11 is 1.76. The van der Waals surface area contributed by atoms with Crippen molar-refractivity contribution in [3.63, 3.8) is 0 Å². The fourth-order valence-electron chi connectivity index (χ4n) is 3.22. The Morgan fingerprint density at radius 2 is 1.53 bits per heavy atom. The zero-order valence-electron chi connectivity index (χ0n) is 20.6. The van der Waals surface area contributed by atoms with Crippen LogP contribution in [0.4, 0.5) is 0 Å². The van der Waals surface area contributed by atoms with Crippen LogP contribution in [0.2, 0.25) is 0 Å². The topological polar surface area (TPSA) is 238 Å². The van der Waals surface area contributed by atoms with E-state index >= 15 is 0 Å². The highest BCUT2D eigenvalue weighted by Crippen LogP contribution is 2.08. The molecule has 0 heterocycles. The Morgan fingerprint density at radius 3 is 2.03 bits per heavy atom. The smallest absolute Gasteiger partial charge is 0.480 e. The van der Waals surface area contributed by atoms with Gasteiger partial charge in [-0.3, -0.25) is 19.2 Å². The maximum Gasteiger partial charge on any atom is 0.488 e. The number of rotatable bonds is 18. The number of carboxylic acid groups (broad SMARTS) is 1. The van der Waals surface area contributed by atoms with E-state index in [0.29, 0.717) is 19.3 Å². The number of aliphatic carboxylic acids is 1. The summed E-state index contributed by atoms with van der Waals surface area (Å²) in [5.41, 5.74) is -1.51. The van der Waals surface area contributed by atoms with Gasteiger partial charge in [0.25, 0.3) is 5.91 Å². The van der Waals surface area contributed by atoms with Crippen LogP contribution in [0.15, 0.2) is 24.3 Å². The van der Waals surface area contributed by atoms with Crippen molar-refractivity contribution < 1.29 is 49.7 Å². The van der Waals surface area contributed by atoms with Crippen molar-refractivity contribution in [2.24, 2.45) is 0 Å². The van der Waals surface area contributed by atoms with Crippen LogP contribution < -0.4 is 24.9 Å². The fraction of sp³-hybridized carbons (Fsp3) is 0.545. The van der Waals surface area contributed by atoms with Crippen LogP contribution in [-0.4, -0.2) is 105 Å². The molecule has 0 aliphatic rings. The van der Waals surface area contributed by atoms with Crippen LogP contribution in [-0.2, 0) is 14.4 Å². The Kier molecular flexibility index (Phi) is 15.3. The van der Waals surface area contributed by atoms with Crippen molar-refractivity contribution in [1.82, 2.24) is 19.5 Å². The van der Waals surface area contributed by atoms with E-state index in [1.807, 2.05) is 0 Å². The molecule has 14 nitrogen and oxygen atoms in total. The number of aliphatic hydroxyl groups is 3. The standard InChI is InChI=1S/C22H34BIN4O10/c24-28-17(21(35)36)3-1-2-10-25-18(32)9-8-16(20(34)27-22(11-29,12-30)13-31)26-19(33)14-4-6-15(7-5-14)23(37)38/h4-7,16-17,28-31,37-38H,1-3,8-13H2,(H,25,32)(H,26,33)(H,27,34)(H,35,36)/t16-,17-/m0/s1. The minimum absolute atomic E-state index is 0.0926. The van der Waals surface area contributed by atoms with E-state index < -0.39 is 68.3 Å². The number of amides is 3. The van der Waals surface area contributed by atoms with Crippen LogP contribution in [0.3, 0.4) is 0 Å². The minimum Gasteiger partial charge on any atom is -0.480 e. The van der Waals surface area contributed by atoms with E-state index in [4.69, 9.17) is 5.11 Å². The van der Waals surface area contributed by atoms with E-state index in [1.165, 1.54) is 24.3 Å². The molecule has 1 aromatic carbocycles. The summed E-state index contributed by atoms with van der Waals surface area (Å²) in [6.07, 6.45) is 1.12. The van der Waals surface area contributed by atoms with Gasteiger partial charge in [-0.15, -0.1) is 0 Å². The highest BCUT2D eigenvalue weighted by Gasteiger charge is 2.33. The lowest BCUT2D eigenvalue weighted by Gasteiger charge is -2.31. The Bertz CT molecular complexity index is 910. The van der Waals surface area contributed by atoms with Crippen molar-refractivity contribution >= 4 is 59.1 Å². The van der Waals surface area contributed by atoms with Gasteiger partial charge in [-0.05, 0) is 43.3 Å². The Labute approximate surface area is 233 Å². The van der Waals surface area contributed by atoms with Gasteiger partial charge in [0.15, 0.2) is 0 Å². The largest absolute Gasteiger partial charge is 0.488 e. The first-order chi connectivity index (χ1) is 18.0. The summed E-state index contributed by atoms with van der Waals surface area (Å²) in [7, 11) is -1.73. The van der Waals surface area contributed by atoms with Gasteiger partial charge < -0.3 is 46.4 Å². The number of carboxylic acids is 1. The Morgan fingerprint density at radius 1 is 0.921 bits per heavy atom. The zero-order chi connectivity index (χ0) is 28.7. The van der Waals surface area contributed by atoms with Gasteiger partial charge in [-0.1, -0.05) is 12.1 Å². The first-order valence-electron chi connectivity index (χ1n) is 11.8. The Hall–Kier alpha value is -2.35. The average Bonchev–Trinajstić information content (AvgIpc) is 2.91. The van der Waals surface area contributed by atoms with Gasteiger partial charge in [0.2, 0.25) is 11.8 Å². The number of aliphatic hydroxyl groups excluding tert-OH is 3. The molecule has 0 radical (unpaired) electrons. The minimum atomic E-state index is -1.75. The van der Waals surface area contributed by atoms with E-state index in [1.54, 1.807) is 22.9 Å². The number of hydrogen-bond donors (Lipinski definition) is 10. The summed E-state index contributed by atoms with van der Waals surface area (Å²) in [6.45, 7) is -2.07. The number of hydrogen-bond acceptors (Lipinski definition) is 10. The van der Waals surface area contributed by atoms with Crippen molar-refractivity contribution in [2.75, 3.05) is 26.4 Å². The quantitative estimate of drug-likeness (QED) is 0.0327. The first-order valence-corrected chi connectivity index (χ1v) is 12.9. The first kappa shape index (κ1) is 33.7. The Balaban J connectivity index is 2.79. The number of carbonyl (C=O) groups excluding carboxylic acids is 3. The predicted molar refractivity (Wildman–Crippen MR) is 144 cm³/mol. The van der Waals surface area contributed by atoms with Gasteiger partial charge >= 0.3 is 13.1 Å². The number of benzene rings is 1. The van der Waals surface area contributed by atoms with Crippen LogP contribution in [0.5, 0.6) is 0 Å². The predicted octanol–water partition coefficient (Wildman–Crippen LogP) is -3.24. The van der Waals surface area contributed by atoms with Gasteiger partial charge in [0, 0.05) is 41.4 Å². The molecule has 212 valence electrons. The van der Waals surface area contributed by atoms with Crippen molar-refractivity contribution in [2.45, 2.75) is 49.7 Å². The second-order valence-electron chi connectivity index (χ2n) is 8.65. The van der Waals surface area contributed by atoms with Gasteiger partial charge in [-0.25, -0.2) is 3.53 Å². The zero-order valence-corrected chi connectivity index (χ0v) is 22.8. The molecule has 10 N–H and O–H groups in total. The molecular weight excluding hydrogens is 618 g/mol. The van der Waals surface area contributed by atoms with Gasteiger partial charge in [0.1, 0.15) is 17.6 Å². The molecule has 0 unspecified atom stereocenters. The molecule has 0 aromatic heterocycles. The average molecular weight is 652 g/mol. The number of unbranched alkanes of at least 4 members (excludes halogenated alkanes) is 1. The lowest BCUT2D eigenvalue weighted by atomic mass is 9.80. The summed E-state index contributed by atoms with van der Waals surface area (Å²) in [4.78, 5) is 48.9. The molecule has 0 spiro atoms. The number of nitrogens with one attached hydrogen (secondary N) is 4. The summed E-state index contributed by atoms with van der Waals surface area (Å²) in [5.74, 6) is -2.94. The third-order valence-electron chi connectivity index (χ3n) is 5.72.